The lowest BCUT2D eigenvalue weighted by Gasteiger charge is -2.34. The van der Waals surface area contributed by atoms with E-state index in [2.05, 4.69) is 9.88 Å². The smallest absolute Gasteiger partial charge is 0.260 e. The SMILES string of the molecule is O=C(COc1ccccc1F)N1CCN(Cc2nc3sc4c(c3c(=O)[nH]2)CCCC4)CC1. The quantitative estimate of drug-likeness (QED) is 0.639. The van der Waals surface area contributed by atoms with Crippen LogP contribution >= 0.6 is 11.3 Å². The van der Waals surface area contributed by atoms with Crippen molar-refractivity contribution in [1.82, 2.24) is 19.8 Å². The number of hydrogen-bond donors (Lipinski definition) is 1. The summed E-state index contributed by atoms with van der Waals surface area (Å²) in [6.45, 7) is 2.82. The third kappa shape index (κ3) is 4.27. The molecule has 1 fully saturated rings. The summed E-state index contributed by atoms with van der Waals surface area (Å²) in [6, 6.07) is 6.06. The van der Waals surface area contributed by atoms with Gasteiger partial charge < -0.3 is 14.6 Å². The molecule has 0 bridgehead atoms. The van der Waals surface area contributed by atoms with E-state index >= 15 is 0 Å². The van der Waals surface area contributed by atoms with Gasteiger partial charge >= 0.3 is 0 Å². The predicted octanol–water partition coefficient (Wildman–Crippen LogP) is 2.73. The number of aromatic nitrogens is 2. The van der Waals surface area contributed by atoms with Crippen molar-refractivity contribution in [3.63, 3.8) is 0 Å². The number of carbonyl (C=O) groups excluding carboxylic acids is 1. The first-order valence-electron chi connectivity index (χ1n) is 11.0. The molecule has 0 spiro atoms. The Labute approximate surface area is 188 Å². The number of fused-ring (bicyclic) bond motifs is 3. The Morgan fingerprint density at radius 3 is 2.75 bits per heavy atom. The number of ether oxygens (including phenoxy) is 1. The number of aryl methyl sites for hydroxylation is 2. The summed E-state index contributed by atoms with van der Waals surface area (Å²) in [7, 11) is 0. The molecule has 9 heteroatoms. The van der Waals surface area contributed by atoms with Gasteiger partial charge in [0, 0.05) is 31.1 Å². The molecule has 7 nitrogen and oxygen atoms in total. The molecule has 2 aromatic heterocycles. The van der Waals surface area contributed by atoms with E-state index in [9.17, 15) is 14.0 Å². The number of thiophene rings is 1. The number of para-hydroxylation sites is 1. The van der Waals surface area contributed by atoms with Crippen LogP contribution in [0.4, 0.5) is 4.39 Å². The van der Waals surface area contributed by atoms with Gasteiger partial charge in [-0.15, -0.1) is 11.3 Å². The van der Waals surface area contributed by atoms with Crippen molar-refractivity contribution in [2.75, 3.05) is 32.8 Å². The Balaban J connectivity index is 1.18. The Morgan fingerprint density at radius 1 is 1.16 bits per heavy atom. The van der Waals surface area contributed by atoms with E-state index in [0.29, 0.717) is 38.5 Å². The molecule has 1 amide bonds. The van der Waals surface area contributed by atoms with Gasteiger partial charge in [-0.3, -0.25) is 14.5 Å². The largest absolute Gasteiger partial charge is 0.481 e. The monoisotopic (exact) mass is 456 g/mol. The van der Waals surface area contributed by atoms with Crippen molar-refractivity contribution < 1.29 is 13.9 Å². The number of aromatic amines is 1. The van der Waals surface area contributed by atoms with Crippen LogP contribution in [0.3, 0.4) is 0 Å². The standard InChI is InChI=1S/C23H25FN4O3S/c24-16-6-2-3-7-17(16)31-14-20(29)28-11-9-27(10-12-28)13-19-25-22(30)21-15-5-1-4-8-18(15)32-23(21)26-19/h2-3,6-7H,1,4-5,8-14H2,(H,25,26,30). The third-order valence-electron chi connectivity index (χ3n) is 6.16. The van der Waals surface area contributed by atoms with Crippen molar-refractivity contribution in [3.05, 3.63) is 56.7 Å². The predicted molar refractivity (Wildman–Crippen MR) is 121 cm³/mol. The van der Waals surface area contributed by atoms with Gasteiger partial charge in [-0.1, -0.05) is 12.1 Å². The van der Waals surface area contributed by atoms with Crippen LogP contribution in [0.2, 0.25) is 0 Å². The lowest BCUT2D eigenvalue weighted by molar-refractivity contribution is -0.135. The van der Waals surface area contributed by atoms with Crippen LogP contribution in [0.1, 0.15) is 29.1 Å². The molecule has 32 heavy (non-hydrogen) atoms. The number of carbonyl (C=O) groups is 1. The van der Waals surface area contributed by atoms with Gasteiger partial charge in [0.05, 0.1) is 11.9 Å². The van der Waals surface area contributed by atoms with Crippen molar-refractivity contribution in [1.29, 1.82) is 0 Å². The minimum absolute atomic E-state index is 0.0384. The van der Waals surface area contributed by atoms with E-state index in [-0.39, 0.29) is 23.8 Å². The number of rotatable bonds is 5. The van der Waals surface area contributed by atoms with Crippen LogP contribution in [0.5, 0.6) is 5.75 Å². The molecule has 1 aliphatic carbocycles. The van der Waals surface area contributed by atoms with Crippen molar-refractivity contribution in [3.8, 4) is 5.75 Å². The molecule has 5 rings (SSSR count). The summed E-state index contributed by atoms with van der Waals surface area (Å²) < 4.78 is 19.0. The molecule has 0 unspecified atom stereocenters. The minimum atomic E-state index is -0.477. The number of piperazine rings is 1. The first kappa shape index (κ1) is 21.1. The molecule has 3 aromatic rings. The zero-order valence-electron chi connectivity index (χ0n) is 17.7. The number of nitrogens with one attached hydrogen (secondary N) is 1. The maximum absolute atomic E-state index is 13.6. The van der Waals surface area contributed by atoms with Crippen molar-refractivity contribution in [2.24, 2.45) is 0 Å². The van der Waals surface area contributed by atoms with Crippen LogP contribution in [-0.2, 0) is 24.2 Å². The first-order valence-corrected chi connectivity index (χ1v) is 11.8. The normalized spacial score (nSPS) is 16.8. The summed E-state index contributed by atoms with van der Waals surface area (Å²) in [4.78, 5) is 38.9. The van der Waals surface area contributed by atoms with Crippen LogP contribution in [0.25, 0.3) is 10.2 Å². The number of benzene rings is 1. The average Bonchev–Trinajstić information content (AvgIpc) is 3.17. The van der Waals surface area contributed by atoms with E-state index in [1.54, 1.807) is 28.4 Å². The Morgan fingerprint density at radius 2 is 1.94 bits per heavy atom. The first-order chi connectivity index (χ1) is 15.6. The fraction of sp³-hybridized carbons (Fsp3) is 0.435. The van der Waals surface area contributed by atoms with Gasteiger partial charge in [0.1, 0.15) is 10.7 Å². The molecule has 0 saturated carbocycles. The third-order valence-corrected chi connectivity index (χ3v) is 7.35. The van der Waals surface area contributed by atoms with Crippen molar-refractivity contribution >= 4 is 27.5 Å². The van der Waals surface area contributed by atoms with Crippen LogP contribution in [0.15, 0.2) is 29.1 Å². The van der Waals surface area contributed by atoms with Gasteiger partial charge in [0.25, 0.3) is 11.5 Å². The lowest BCUT2D eigenvalue weighted by atomic mass is 9.97. The van der Waals surface area contributed by atoms with Crippen molar-refractivity contribution in [2.45, 2.75) is 32.2 Å². The maximum Gasteiger partial charge on any atom is 0.260 e. The van der Waals surface area contributed by atoms with Gasteiger partial charge in [-0.2, -0.15) is 0 Å². The minimum Gasteiger partial charge on any atom is -0.481 e. The molecular formula is C23H25FN4O3S. The molecule has 1 aliphatic heterocycles. The number of hydrogen-bond acceptors (Lipinski definition) is 6. The highest BCUT2D eigenvalue weighted by Gasteiger charge is 2.24. The van der Waals surface area contributed by atoms with E-state index in [4.69, 9.17) is 9.72 Å². The summed E-state index contributed by atoms with van der Waals surface area (Å²) in [5.74, 6) is 0.115. The number of halogens is 1. The second kappa shape index (κ2) is 8.99. The average molecular weight is 457 g/mol. The second-order valence-electron chi connectivity index (χ2n) is 8.28. The highest BCUT2D eigenvalue weighted by atomic mass is 32.1. The summed E-state index contributed by atoms with van der Waals surface area (Å²) in [5.41, 5.74) is 1.16. The number of H-pyrrole nitrogens is 1. The Bertz CT molecular complexity index is 1200. The molecule has 0 radical (unpaired) electrons. The Hall–Kier alpha value is -2.78. The fourth-order valence-corrected chi connectivity index (χ4v) is 5.72. The maximum atomic E-state index is 13.6. The number of nitrogens with zero attached hydrogens (tertiary/aromatic N) is 3. The lowest BCUT2D eigenvalue weighted by Crippen LogP contribution is -2.49. The molecule has 0 atom stereocenters. The molecule has 168 valence electrons. The van der Waals surface area contributed by atoms with E-state index in [1.807, 2.05) is 0 Å². The fourth-order valence-electron chi connectivity index (χ4n) is 4.44. The molecule has 3 heterocycles. The zero-order chi connectivity index (χ0) is 22.1. The Kier molecular flexibility index (Phi) is 5.93. The van der Waals surface area contributed by atoms with Gasteiger partial charge in [-0.25, -0.2) is 9.37 Å². The van der Waals surface area contributed by atoms with Gasteiger partial charge in [0.15, 0.2) is 18.2 Å². The highest BCUT2D eigenvalue weighted by Crippen LogP contribution is 2.33. The molecular weight excluding hydrogens is 431 g/mol. The highest BCUT2D eigenvalue weighted by molar-refractivity contribution is 7.18. The molecule has 1 aromatic carbocycles. The second-order valence-corrected chi connectivity index (χ2v) is 9.36. The molecule has 1 saturated heterocycles. The van der Waals surface area contributed by atoms with Crippen LogP contribution in [0, 0.1) is 5.82 Å². The summed E-state index contributed by atoms with van der Waals surface area (Å²) in [6.07, 6.45) is 4.32. The summed E-state index contributed by atoms with van der Waals surface area (Å²) >= 11 is 1.66. The number of amides is 1. The van der Waals surface area contributed by atoms with E-state index in [0.717, 1.165) is 29.5 Å². The topological polar surface area (TPSA) is 78.5 Å². The van der Waals surface area contributed by atoms with Crippen LogP contribution in [-0.4, -0.2) is 58.5 Å². The van der Waals surface area contributed by atoms with E-state index < -0.39 is 5.82 Å². The molecule has 2 aliphatic rings. The zero-order valence-corrected chi connectivity index (χ0v) is 18.5. The van der Waals surface area contributed by atoms with Crippen LogP contribution < -0.4 is 10.3 Å². The van der Waals surface area contributed by atoms with Gasteiger partial charge in [0.2, 0.25) is 0 Å². The van der Waals surface area contributed by atoms with Gasteiger partial charge in [-0.05, 0) is 43.4 Å². The molecule has 1 N–H and O–H groups in total. The summed E-state index contributed by atoms with van der Waals surface area (Å²) in [5, 5.41) is 0.777. The van der Waals surface area contributed by atoms with E-state index in [1.165, 1.54) is 29.0 Å².